The maximum atomic E-state index is 12.3. The van der Waals surface area contributed by atoms with Crippen molar-refractivity contribution < 1.29 is 29.7 Å². The summed E-state index contributed by atoms with van der Waals surface area (Å²) in [6.45, 7) is -0.688. The molecule has 1 aromatic rings. The number of carbonyl (C=O) groups excluding carboxylic acids is 1. The quantitative estimate of drug-likeness (QED) is 0.574. The average Bonchev–Trinajstić information content (AvgIpc) is 2.92. The van der Waals surface area contributed by atoms with Gasteiger partial charge in [-0.2, -0.15) is 0 Å². The van der Waals surface area contributed by atoms with E-state index in [1.165, 1.54) is 22.7 Å². The molecule has 0 bridgehead atoms. The summed E-state index contributed by atoms with van der Waals surface area (Å²) in [6.07, 6.45) is 0. The van der Waals surface area contributed by atoms with E-state index in [-0.39, 0.29) is 18.0 Å². The van der Waals surface area contributed by atoms with Crippen molar-refractivity contribution in [3.63, 3.8) is 0 Å². The predicted octanol–water partition coefficient (Wildman–Crippen LogP) is 0.0936. The van der Waals surface area contributed by atoms with Crippen LogP contribution in [-0.2, 0) is 14.4 Å². The second-order valence-corrected chi connectivity index (χ2v) is 6.01. The SMILES string of the molecule is O=C(O)CNCC(=O)N1C(c2ccccc2O)SC[C@H]1C(=O)O. The molecule has 1 fully saturated rings. The van der Waals surface area contributed by atoms with Gasteiger partial charge in [-0.15, -0.1) is 11.8 Å². The van der Waals surface area contributed by atoms with Crippen LogP contribution >= 0.6 is 11.8 Å². The molecule has 1 aliphatic rings. The molecule has 1 saturated heterocycles. The van der Waals surface area contributed by atoms with E-state index in [0.29, 0.717) is 5.56 Å². The number of thioether (sulfide) groups is 1. The summed E-state index contributed by atoms with van der Waals surface area (Å²) < 4.78 is 0. The fraction of sp³-hybridized carbons (Fsp3) is 0.357. The summed E-state index contributed by atoms with van der Waals surface area (Å²) in [4.78, 5) is 35.4. The third kappa shape index (κ3) is 3.93. The number of hydrogen-bond donors (Lipinski definition) is 4. The van der Waals surface area contributed by atoms with Crippen LogP contribution in [0.2, 0.25) is 0 Å². The third-order valence-corrected chi connectivity index (χ3v) is 4.63. The van der Waals surface area contributed by atoms with Gasteiger partial charge < -0.3 is 20.2 Å². The molecule has 9 heteroatoms. The van der Waals surface area contributed by atoms with Crippen molar-refractivity contribution in [2.24, 2.45) is 0 Å². The summed E-state index contributed by atoms with van der Waals surface area (Å²) in [5, 5.41) is 29.7. The lowest BCUT2D eigenvalue weighted by Gasteiger charge is -2.28. The topological polar surface area (TPSA) is 127 Å². The molecule has 1 amide bonds. The Kier molecular flexibility index (Phi) is 5.45. The lowest BCUT2D eigenvalue weighted by atomic mass is 10.1. The van der Waals surface area contributed by atoms with Crippen LogP contribution in [0, 0.1) is 0 Å². The Morgan fingerprint density at radius 1 is 1.22 bits per heavy atom. The number of benzene rings is 1. The summed E-state index contributed by atoms with van der Waals surface area (Å²) in [6, 6.07) is 5.39. The van der Waals surface area contributed by atoms with Gasteiger partial charge >= 0.3 is 11.9 Å². The largest absolute Gasteiger partial charge is 0.508 e. The molecule has 0 radical (unpaired) electrons. The smallest absolute Gasteiger partial charge is 0.327 e. The minimum Gasteiger partial charge on any atom is -0.508 e. The number of amides is 1. The molecule has 2 rings (SSSR count). The maximum absolute atomic E-state index is 12.3. The van der Waals surface area contributed by atoms with E-state index in [1.54, 1.807) is 18.2 Å². The van der Waals surface area contributed by atoms with Gasteiger partial charge in [0, 0.05) is 11.3 Å². The Bertz CT molecular complexity index is 623. The highest BCUT2D eigenvalue weighted by Gasteiger charge is 2.42. The van der Waals surface area contributed by atoms with Gasteiger partial charge in [0.15, 0.2) is 0 Å². The number of para-hydroxylation sites is 1. The highest BCUT2D eigenvalue weighted by atomic mass is 32.2. The van der Waals surface area contributed by atoms with Crippen LogP contribution in [-0.4, -0.2) is 62.9 Å². The number of hydrogen-bond acceptors (Lipinski definition) is 6. The van der Waals surface area contributed by atoms with Crippen molar-refractivity contribution >= 4 is 29.6 Å². The number of aromatic hydroxyl groups is 1. The first kappa shape index (κ1) is 17.1. The zero-order valence-electron chi connectivity index (χ0n) is 12.0. The second kappa shape index (κ2) is 7.34. The van der Waals surface area contributed by atoms with E-state index < -0.39 is 35.8 Å². The van der Waals surface area contributed by atoms with Crippen molar-refractivity contribution in [2.45, 2.75) is 11.4 Å². The molecule has 0 aliphatic carbocycles. The molecule has 1 heterocycles. The summed E-state index contributed by atoms with van der Waals surface area (Å²) in [5.74, 6) is -2.61. The highest BCUT2D eigenvalue weighted by molar-refractivity contribution is 7.99. The minimum atomic E-state index is -1.14. The monoisotopic (exact) mass is 340 g/mol. The number of nitrogens with one attached hydrogen (secondary N) is 1. The Morgan fingerprint density at radius 3 is 2.52 bits per heavy atom. The van der Waals surface area contributed by atoms with Gasteiger partial charge in [0.05, 0.1) is 13.1 Å². The molecule has 4 N–H and O–H groups in total. The number of carbonyl (C=O) groups is 3. The number of carboxylic acid groups (broad SMARTS) is 2. The first-order valence-corrected chi connectivity index (χ1v) is 7.82. The molecule has 8 nitrogen and oxygen atoms in total. The normalized spacial score (nSPS) is 20.4. The van der Waals surface area contributed by atoms with Gasteiger partial charge in [-0.3, -0.25) is 14.9 Å². The fourth-order valence-electron chi connectivity index (χ4n) is 2.30. The Morgan fingerprint density at radius 2 is 1.91 bits per heavy atom. The van der Waals surface area contributed by atoms with Crippen molar-refractivity contribution in [1.29, 1.82) is 0 Å². The lowest BCUT2D eigenvalue weighted by Crippen LogP contribution is -2.47. The van der Waals surface area contributed by atoms with Gasteiger partial charge in [-0.05, 0) is 6.07 Å². The molecule has 0 saturated carbocycles. The van der Waals surface area contributed by atoms with Gasteiger partial charge in [0.2, 0.25) is 5.91 Å². The van der Waals surface area contributed by atoms with E-state index in [9.17, 15) is 24.6 Å². The van der Waals surface area contributed by atoms with E-state index in [1.807, 2.05) is 0 Å². The molecule has 0 aromatic heterocycles. The number of aliphatic carboxylic acids is 2. The highest BCUT2D eigenvalue weighted by Crippen LogP contribution is 2.44. The Hall–Kier alpha value is -2.26. The first-order valence-electron chi connectivity index (χ1n) is 6.77. The number of carboxylic acids is 2. The van der Waals surface area contributed by atoms with Gasteiger partial charge in [-0.1, -0.05) is 18.2 Å². The molecule has 124 valence electrons. The second-order valence-electron chi connectivity index (χ2n) is 4.90. The Labute approximate surface area is 136 Å². The molecule has 1 unspecified atom stereocenters. The van der Waals surface area contributed by atoms with Crippen molar-refractivity contribution in [3.8, 4) is 5.75 Å². The van der Waals surface area contributed by atoms with E-state index in [2.05, 4.69) is 5.32 Å². The average molecular weight is 340 g/mol. The Balaban J connectivity index is 2.21. The lowest BCUT2D eigenvalue weighted by molar-refractivity contribution is -0.149. The third-order valence-electron chi connectivity index (χ3n) is 3.33. The summed E-state index contributed by atoms with van der Waals surface area (Å²) in [5.41, 5.74) is 0.452. The molecule has 1 aromatic carbocycles. The molecule has 1 aliphatic heterocycles. The summed E-state index contributed by atoms with van der Waals surface area (Å²) in [7, 11) is 0. The number of rotatable bonds is 6. The molecule has 2 atom stereocenters. The zero-order valence-corrected chi connectivity index (χ0v) is 12.8. The van der Waals surface area contributed by atoms with Crippen molar-refractivity contribution in [2.75, 3.05) is 18.8 Å². The van der Waals surface area contributed by atoms with Crippen LogP contribution < -0.4 is 5.32 Å². The van der Waals surface area contributed by atoms with Crippen LogP contribution in [0.5, 0.6) is 5.75 Å². The van der Waals surface area contributed by atoms with Crippen LogP contribution in [0.15, 0.2) is 24.3 Å². The van der Waals surface area contributed by atoms with Crippen LogP contribution in [0.25, 0.3) is 0 Å². The number of nitrogens with zero attached hydrogens (tertiary/aromatic N) is 1. The van der Waals surface area contributed by atoms with Crippen LogP contribution in [0.3, 0.4) is 0 Å². The van der Waals surface area contributed by atoms with Crippen molar-refractivity contribution in [3.05, 3.63) is 29.8 Å². The molecular weight excluding hydrogens is 324 g/mol. The maximum Gasteiger partial charge on any atom is 0.327 e. The molecule has 23 heavy (non-hydrogen) atoms. The summed E-state index contributed by atoms with van der Waals surface area (Å²) >= 11 is 1.24. The van der Waals surface area contributed by atoms with E-state index >= 15 is 0 Å². The molecule has 0 spiro atoms. The van der Waals surface area contributed by atoms with E-state index in [4.69, 9.17) is 5.11 Å². The van der Waals surface area contributed by atoms with E-state index in [0.717, 1.165) is 0 Å². The fourth-order valence-corrected chi connectivity index (χ4v) is 3.78. The number of phenols is 1. The standard InChI is InChI=1S/C14H16N2O6S/c17-10-4-2-1-3-8(10)13-16(9(7-23-13)14(21)22)11(18)5-15-6-12(19)20/h1-4,9,13,15,17H,5-7H2,(H,19,20)(H,21,22)/t9-,13?/m0/s1. The predicted molar refractivity (Wildman–Crippen MR) is 82.1 cm³/mol. The van der Waals surface area contributed by atoms with Gasteiger partial charge in [-0.25, -0.2) is 4.79 Å². The van der Waals surface area contributed by atoms with Crippen LogP contribution in [0.4, 0.5) is 0 Å². The molecular formula is C14H16N2O6S. The van der Waals surface area contributed by atoms with Gasteiger partial charge in [0.1, 0.15) is 17.2 Å². The van der Waals surface area contributed by atoms with Crippen molar-refractivity contribution in [1.82, 2.24) is 10.2 Å². The van der Waals surface area contributed by atoms with Gasteiger partial charge in [0.25, 0.3) is 0 Å². The minimum absolute atomic E-state index is 0.0210. The number of phenolic OH excluding ortho intramolecular Hbond substituents is 1. The van der Waals surface area contributed by atoms with Crippen LogP contribution in [0.1, 0.15) is 10.9 Å². The zero-order chi connectivity index (χ0) is 17.0. The first-order chi connectivity index (χ1) is 10.9.